The van der Waals surface area contributed by atoms with Crippen LogP contribution in [-0.4, -0.2) is 5.11 Å². The minimum atomic E-state index is 0.304. The first-order valence-electron chi connectivity index (χ1n) is 7.44. The summed E-state index contributed by atoms with van der Waals surface area (Å²) in [5.74, 6) is 0.304. The van der Waals surface area contributed by atoms with Crippen molar-refractivity contribution in [3.8, 4) is 16.9 Å². The van der Waals surface area contributed by atoms with E-state index < -0.39 is 0 Å². The molecular formula is C21H16O. The van der Waals surface area contributed by atoms with Crippen LogP contribution in [0.5, 0.6) is 5.75 Å². The molecule has 0 aliphatic rings. The van der Waals surface area contributed by atoms with Gasteiger partial charge in [0.05, 0.1) is 0 Å². The maximum Gasteiger partial charge on any atom is 0.116 e. The normalized spacial score (nSPS) is 11.1. The Morgan fingerprint density at radius 1 is 0.682 bits per heavy atom. The molecule has 1 heteroatoms. The van der Waals surface area contributed by atoms with E-state index in [9.17, 15) is 5.11 Å². The number of fused-ring (bicyclic) bond motifs is 2. The quantitative estimate of drug-likeness (QED) is 0.477. The van der Waals surface area contributed by atoms with E-state index in [0.717, 1.165) is 10.8 Å². The van der Waals surface area contributed by atoms with Crippen molar-refractivity contribution in [3.05, 3.63) is 78.4 Å². The molecule has 0 aliphatic heterocycles. The van der Waals surface area contributed by atoms with Gasteiger partial charge in [0.2, 0.25) is 0 Å². The second kappa shape index (κ2) is 4.88. The molecule has 0 atom stereocenters. The Kier molecular flexibility index (Phi) is 2.87. The highest BCUT2D eigenvalue weighted by Crippen LogP contribution is 2.37. The zero-order valence-corrected chi connectivity index (χ0v) is 12.4. The molecule has 0 radical (unpaired) electrons. The van der Waals surface area contributed by atoms with Crippen LogP contribution in [0.4, 0.5) is 0 Å². The van der Waals surface area contributed by atoms with Crippen LogP contribution < -0.4 is 0 Å². The second-order valence-corrected chi connectivity index (χ2v) is 5.69. The van der Waals surface area contributed by atoms with E-state index in [1.807, 2.05) is 12.1 Å². The number of benzene rings is 4. The fourth-order valence-electron chi connectivity index (χ4n) is 3.22. The molecule has 0 aromatic heterocycles. The highest BCUT2D eigenvalue weighted by molar-refractivity contribution is 6.06. The van der Waals surface area contributed by atoms with Crippen molar-refractivity contribution in [2.75, 3.05) is 0 Å². The van der Waals surface area contributed by atoms with Gasteiger partial charge in [-0.3, -0.25) is 0 Å². The Labute approximate surface area is 129 Å². The van der Waals surface area contributed by atoms with Gasteiger partial charge in [-0.15, -0.1) is 0 Å². The summed E-state index contributed by atoms with van der Waals surface area (Å²) in [6.07, 6.45) is 0. The summed E-state index contributed by atoms with van der Waals surface area (Å²) in [6.45, 7) is 2.14. The smallest absolute Gasteiger partial charge is 0.116 e. The maximum absolute atomic E-state index is 9.88. The van der Waals surface area contributed by atoms with Gasteiger partial charge < -0.3 is 5.11 Å². The molecule has 0 heterocycles. The van der Waals surface area contributed by atoms with Crippen LogP contribution in [0.2, 0.25) is 0 Å². The van der Waals surface area contributed by atoms with Crippen molar-refractivity contribution in [2.24, 2.45) is 0 Å². The van der Waals surface area contributed by atoms with E-state index in [1.54, 1.807) is 6.07 Å². The number of aryl methyl sites for hydroxylation is 1. The third-order valence-corrected chi connectivity index (χ3v) is 4.27. The largest absolute Gasteiger partial charge is 0.508 e. The van der Waals surface area contributed by atoms with Crippen LogP contribution in [0, 0.1) is 6.92 Å². The van der Waals surface area contributed by atoms with Crippen LogP contribution in [0.25, 0.3) is 32.7 Å². The lowest BCUT2D eigenvalue weighted by atomic mass is 9.91. The van der Waals surface area contributed by atoms with Gasteiger partial charge in [-0.05, 0) is 57.3 Å². The van der Waals surface area contributed by atoms with Gasteiger partial charge >= 0.3 is 0 Å². The molecule has 4 aromatic carbocycles. The van der Waals surface area contributed by atoms with Gasteiger partial charge in [-0.2, -0.15) is 0 Å². The zero-order chi connectivity index (χ0) is 15.1. The Morgan fingerprint density at radius 3 is 2.32 bits per heavy atom. The molecule has 0 amide bonds. The van der Waals surface area contributed by atoms with Crippen molar-refractivity contribution in [1.82, 2.24) is 0 Å². The molecule has 0 saturated carbocycles. The van der Waals surface area contributed by atoms with Crippen molar-refractivity contribution >= 4 is 21.5 Å². The van der Waals surface area contributed by atoms with Gasteiger partial charge in [-0.1, -0.05) is 60.7 Å². The van der Waals surface area contributed by atoms with E-state index in [4.69, 9.17) is 0 Å². The lowest BCUT2D eigenvalue weighted by molar-refractivity contribution is 0.476. The SMILES string of the molecule is Cc1ccc2ccccc2c1-c1cccc2ccc(O)cc12. The van der Waals surface area contributed by atoms with Gasteiger partial charge in [0.25, 0.3) is 0 Å². The second-order valence-electron chi connectivity index (χ2n) is 5.69. The molecule has 106 valence electrons. The summed E-state index contributed by atoms with van der Waals surface area (Å²) in [5.41, 5.74) is 3.66. The van der Waals surface area contributed by atoms with E-state index in [-0.39, 0.29) is 0 Å². The van der Waals surface area contributed by atoms with Gasteiger partial charge in [0.1, 0.15) is 5.75 Å². The number of phenolic OH excluding ortho intramolecular Hbond substituents is 1. The highest BCUT2D eigenvalue weighted by atomic mass is 16.3. The number of phenols is 1. The lowest BCUT2D eigenvalue weighted by Gasteiger charge is -2.13. The van der Waals surface area contributed by atoms with Crippen LogP contribution in [0.1, 0.15) is 5.56 Å². The summed E-state index contributed by atoms with van der Waals surface area (Å²) < 4.78 is 0. The van der Waals surface area contributed by atoms with Crippen LogP contribution in [0.15, 0.2) is 72.8 Å². The molecule has 0 unspecified atom stereocenters. The van der Waals surface area contributed by atoms with Crippen LogP contribution >= 0.6 is 0 Å². The Morgan fingerprint density at radius 2 is 1.41 bits per heavy atom. The van der Waals surface area contributed by atoms with E-state index in [0.29, 0.717) is 5.75 Å². The summed E-state index contributed by atoms with van der Waals surface area (Å²) in [6, 6.07) is 24.6. The van der Waals surface area contributed by atoms with Crippen molar-refractivity contribution < 1.29 is 5.11 Å². The Bertz CT molecular complexity index is 999. The Balaban J connectivity index is 2.16. The molecule has 4 aromatic rings. The van der Waals surface area contributed by atoms with Crippen molar-refractivity contribution in [2.45, 2.75) is 6.92 Å². The molecule has 0 fully saturated rings. The number of hydrogen-bond acceptors (Lipinski definition) is 1. The fraction of sp³-hybridized carbons (Fsp3) is 0.0476. The average Bonchev–Trinajstić information content (AvgIpc) is 2.54. The summed E-state index contributed by atoms with van der Waals surface area (Å²) in [5, 5.41) is 14.6. The molecule has 1 N–H and O–H groups in total. The van der Waals surface area contributed by atoms with Crippen LogP contribution in [-0.2, 0) is 0 Å². The van der Waals surface area contributed by atoms with Gasteiger partial charge in [-0.25, -0.2) is 0 Å². The van der Waals surface area contributed by atoms with E-state index >= 15 is 0 Å². The first kappa shape index (κ1) is 12.9. The molecule has 22 heavy (non-hydrogen) atoms. The predicted octanol–water partition coefficient (Wildman–Crippen LogP) is 5.67. The molecule has 0 saturated heterocycles. The van der Waals surface area contributed by atoms with Gasteiger partial charge in [0.15, 0.2) is 0 Å². The average molecular weight is 284 g/mol. The van der Waals surface area contributed by atoms with Gasteiger partial charge in [0, 0.05) is 0 Å². The van der Waals surface area contributed by atoms with E-state index in [1.165, 1.54) is 27.5 Å². The van der Waals surface area contributed by atoms with Crippen molar-refractivity contribution in [1.29, 1.82) is 0 Å². The molecule has 0 bridgehead atoms. The third-order valence-electron chi connectivity index (χ3n) is 4.27. The van der Waals surface area contributed by atoms with Crippen LogP contribution in [0.3, 0.4) is 0 Å². The first-order chi connectivity index (χ1) is 10.7. The minimum absolute atomic E-state index is 0.304. The standard InChI is InChI=1S/C21H16O/c1-14-9-10-15-5-2-3-7-18(15)21(14)19-8-4-6-16-11-12-17(22)13-20(16)19/h2-13,22H,1H3. The monoisotopic (exact) mass is 284 g/mol. The molecule has 1 nitrogen and oxygen atoms in total. The maximum atomic E-state index is 9.88. The molecule has 4 rings (SSSR count). The number of hydrogen-bond donors (Lipinski definition) is 1. The van der Waals surface area contributed by atoms with Crippen molar-refractivity contribution in [3.63, 3.8) is 0 Å². The number of aromatic hydroxyl groups is 1. The molecule has 0 aliphatic carbocycles. The lowest BCUT2D eigenvalue weighted by Crippen LogP contribution is -1.88. The Hall–Kier alpha value is -2.80. The third kappa shape index (κ3) is 1.94. The highest BCUT2D eigenvalue weighted by Gasteiger charge is 2.10. The zero-order valence-electron chi connectivity index (χ0n) is 12.4. The topological polar surface area (TPSA) is 20.2 Å². The minimum Gasteiger partial charge on any atom is -0.508 e. The summed E-state index contributed by atoms with van der Waals surface area (Å²) in [7, 11) is 0. The summed E-state index contributed by atoms with van der Waals surface area (Å²) in [4.78, 5) is 0. The molecular weight excluding hydrogens is 268 g/mol. The molecule has 0 spiro atoms. The fourth-order valence-corrected chi connectivity index (χ4v) is 3.22. The predicted molar refractivity (Wildman–Crippen MR) is 93.3 cm³/mol. The first-order valence-corrected chi connectivity index (χ1v) is 7.44. The van der Waals surface area contributed by atoms with E-state index in [2.05, 4.69) is 61.5 Å². The summed E-state index contributed by atoms with van der Waals surface area (Å²) >= 11 is 0. The number of rotatable bonds is 1.